The minimum atomic E-state index is -0.420. The van der Waals surface area contributed by atoms with E-state index in [0.29, 0.717) is 5.92 Å². The zero-order valence-electron chi connectivity index (χ0n) is 7.09. The van der Waals surface area contributed by atoms with Crippen LogP contribution in [0, 0.1) is 5.92 Å². The lowest BCUT2D eigenvalue weighted by atomic mass is 10.3. The summed E-state index contributed by atoms with van der Waals surface area (Å²) in [5.41, 5.74) is 1.19. The van der Waals surface area contributed by atoms with Crippen LogP contribution >= 0.6 is 34.5 Å². The summed E-state index contributed by atoms with van der Waals surface area (Å²) in [6.07, 6.45) is 2.00. The normalized spacial score (nSPS) is 24.3. The van der Waals surface area contributed by atoms with Crippen molar-refractivity contribution in [3.05, 3.63) is 16.8 Å². The minimum Gasteiger partial charge on any atom is -0.384 e. The van der Waals surface area contributed by atoms with Gasteiger partial charge in [0.25, 0.3) is 0 Å². The molecule has 1 aromatic rings. The lowest BCUT2D eigenvalue weighted by molar-refractivity contribution is 0.751. The highest BCUT2D eigenvalue weighted by Gasteiger charge is 2.50. The number of anilines is 1. The van der Waals surface area contributed by atoms with Gasteiger partial charge in [-0.1, -0.05) is 0 Å². The van der Waals surface area contributed by atoms with Crippen LogP contribution in [0.1, 0.15) is 12.8 Å². The second kappa shape index (κ2) is 3.68. The first-order chi connectivity index (χ1) is 6.18. The molecule has 1 aromatic heterocycles. The second-order valence-corrected chi connectivity index (χ2v) is 5.71. The van der Waals surface area contributed by atoms with Crippen molar-refractivity contribution in [3.63, 3.8) is 0 Å². The van der Waals surface area contributed by atoms with Crippen molar-refractivity contribution in [1.29, 1.82) is 0 Å². The first-order valence-electron chi connectivity index (χ1n) is 4.32. The Kier molecular flexibility index (Phi) is 2.72. The molecular weight excluding hydrogens is 225 g/mol. The van der Waals surface area contributed by atoms with Crippen LogP contribution in [-0.2, 0) is 0 Å². The summed E-state index contributed by atoms with van der Waals surface area (Å²) in [6, 6.07) is 2.08. The first-order valence-corrected chi connectivity index (χ1v) is 6.02. The Morgan fingerprint density at radius 2 is 2.38 bits per heavy atom. The third-order valence-electron chi connectivity index (χ3n) is 2.30. The van der Waals surface area contributed by atoms with Crippen LogP contribution in [-0.4, -0.2) is 10.9 Å². The average molecular weight is 236 g/mol. The Hall–Kier alpha value is 0.0800. The smallest absolute Gasteiger partial charge is 0.121 e. The van der Waals surface area contributed by atoms with Crippen molar-refractivity contribution < 1.29 is 0 Å². The van der Waals surface area contributed by atoms with Crippen molar-refractivity contribution in [1.82, 2.24) is 0 Å². The summed E-state index contributed by atoms with van der Waals surface area (Å²) in [5.74, 6) is 0.488. The van der Waals surface area contributed by atoms with E-state index in [4.69, 9.17) is 23.2 Å². The largest absolute Gasteiger partial charge is 0.384 e. The molecule has 13 heavy (non-hydrogen) atoms. The number of halogens is 2. The summed E-state index contributed by atoms with van der Waals surface area (Å²) in [7, 11) is 0. The van der Waals surface area contributed by atoms with E-state index in [2.05, 4.69) is 22.1 Å². The fourth-order valence-corrected chi connectivity index (χ4v) is 2.54. The van der Waals surface area contributed by atoms with Crippen LogP contribution in [0.5, 0.6) is 0 Å². The molecule has 1 unspecified atom stereocenters. The van der Waals surface area contributed by atoms with E-state index < -0.39 is 4.33 Å². The standard InChI is InChI=1S/C9H11Cl2NS/c10-9(11)5-7(9)1-3-12-8-2-4-13-6-8/h2,4,6-7,12H,1,3,5H2. The van der Waals surface area contributed by atoms with Gasteiger partial charge in [-0.25, -0.2) is 0 Å². The highest BCUT2D eigenvalue weighted by Crippen LogP contribution is 2.54. The van der Waals surface area contributed by atoms with Gasteiger partial charge in [-0.3, -0.25) is 0 Å². The Bertz CT molecular complexity index is 271. The number of hydrogen-bond acceptors (Lipinski definition) is 2. The summed E-state index contributed by atoms with van der Waals surface area (Å²) in [5, 5.41) is 7.49. The maximum atomic E-state index is 5.91. The maximum absolute atomic E-state index is 5.91. The minimum absolute atomic E-state index is 0.420. The van der Waals surface area contributed by atoms with Crippen molar-refractivity contribution >= 4 is 40.2 Å². The molecule has 72 valence electrons. The molecule has 0 bridgehead atoms. The molecule has 1 N–H and O–H groups in total. The predicted octanol–water partition coefficient (Wildman–Crippen LogP) is 3.74. The van der Waals surface area contributed by atoms with Gasteiger partial charge in [0.05, 0.1) is 0 Å². The quantitative estimate of drug-likeness (QED) is 0.785. The molecule has 0 amide bonds. The predicted molar refractivity (Wildman–Crippen MR) is 60.0 cm³/mol. The number of thiophene rings is 1. The Labute approximate surface area is 92.0 Å². The summed E-state index contributed by atoms with van der Waals surface area (Å²) >= 11 is 13.5. The summed E-state index contributed by atoms with van der Waals surface area (Å²) in [4.78, 5) is 0. The van der Waals surface area contributed by atoms with E-state index in [1.165, 1.54) is 5.69 Å². The van der Waals surface area contributed by atoms with Crippen molar-refractivity contribution in [2.45, 2.75) is 17.2 Å². The van der Waals surface area contributed by atoms with Crippen LogP contribution in [0.4, 0.5) is 5.69 Å². The molecule has 0 aromatic carbocycles. The molecule has 1 saturated carbocycles. The molecule has 1 atom stereocenters. The SMILES string of the molecule is ClC1(Cl)CC1CCNc1ccsc1. The van der Waals surface area contributed by atoms with Gasteiger partial charge in [0, 0.05) is 17.6 Å². The van der Waals surface area contributed by atoms with Gasteiger partial charge in [0.15, 0.2) is 0 Å². The van der Waals surface area contributed by atoms with Crippen molar-refractivity contribution in [3.8, 4) is 0 Å². The summed E-state index contributed by atoms with van der Waals surface area (Å²) in [6.45, 7) is 0.961. The van der Waals surface area contributed by atoms with Crippen molar-refractivity contribution in [2.75, 3.05) is 11.9 Å². The van der Waals surface area contributed by atoms with Gasteiger partial charge >= 0.3 is 0 Å². The van der Waals surface area contributed by atoms with E-state index in [1.54, 1.807) is 11.3 Å². The molecule has 2 rings (SSSR count). The number of nitrogens with one attached hydrogen (secondary N) is 1. The average Bonchev–Trinajstić information content (AvgIpc) is 2.53. The van der Waals surface area contributed by atoms with Crippen LogP contribution in [0.2, 0.25) is 0 Å². The molecule has 0 radical (unpaired) electrons. The van der Waals surface area contributed by atoms with E-state index in [9.17, 15) is 0 Å². The highest BCUT2D eigenvalue weighted by molar-refractivity contribution is 7.08. The van der Waals surface area contributed by atoms with Crippen LogP contribution in [0.25, 0.3) is 0 Å². The monoisotopic (exact) mass is 235 g/mol. The van der Waals surface area contributed by atoms with Crippen molar-refractivity contribution in [2.24, 2.45) is 5.92 Å². The van der Waals surface area contributed by atoms with Gasteiger partial charge in [-0.15, -0.1) is 23.2 Å². The third kappa shape index (κ3) is 2.52. The zero-order valence-corrected chi connectivity index (χ0v) is 9.42. The van der Waals surface area contributed by atoms with Crippen LogP contribution in [0.15, 0.2) is 16.8 Å². The third-order valence-corrected chi connectivity index (χ3v) is 3.91. The van der Waals surface area contributed by atoms with Gasteiger partial charge in [-0.05, 0) is 30.2 Å². The maximum Gasteiger partial charge on any atom is 0.121 e. The Morgan fingerprint density at radius 1 is 1.62 bits per heavy atom. The number of alkyl halides is 2. The molecule has 1 fully saturated rings. The van der Waals surface area contributed by atoms with Crippen LogP contribution < -0.4 is 5.32 Å². The number of hydrogen-bond donors (Lipinski definition) is 1. The molecule has 1 heterocycles. The molecular formula is C9H11Cl2NS. The Balaban J connectivity index is 1.66. The van der Waals surface area contributed by atoms with Gasteiger partial charge in [0.1, 0.15) is 4.33 Å². The molecule has 0 saturated heterocycles. The van der Waals surface area contributed by atoms with E-state index in [-0.39, 0.29) is 0 Å². The second-order valence-electron chi connectivity index (χ2n) is 3.39. The summed E-state index contributed by atoms with van der Waals surface area (Å²) < 4.78 is -0.420. The molecule has 1 nitrogen and oxygen atoms in total. The van der Waals surface area contributed by atoms with E-state index >= 15 is 0 Å². The number of rotatable bonds is 4. The molecule has 0 spiro atoms. The molecule has 1 aliphatic carbocycles. The first kappa shape index (κ1) is 9.63. The zero-order chi connectivity index (χ0) is 9.31. The van der Waals surface area contributed by atoms with Gasteiger partial charge in [0.2, 0.25) is 0 Å². The van der Waals surface area contributed by atoms with Crippen LogP contribution in [0.3, 0.4) is 0 Å². The highest BCUT2D eigenvalue weighted by atomic mass is 35.5. The fourth-order valence-electron chi connectivity index (χ4n) is 1.34. The molecule has 4 heteroatoms. The lowest BCUT2D eigenvalue weighted by Crippen LogP contribution is -2.03. The van der Waals surface area contributed by atoms with Gasteiger partial charge in [-0.2, -0.15) is 11.3 Å². The lowest BCUT2D eigenvalue weighted by Gasteiger charge is -2.03. The Morgan fingerprint density at radius 3 is 2.92 bits per heavy atom. The van der Waals surface area contributed by atoms with Gasteiger partial charge < -0.3 is 5.32 Å². The van der Waals surface area contributed by atoms with E-state index in [0.717, 1.165) is 19.4 Å². The topological polar surface area (TPSA) is 12.0 Å². The fraction of sp³-hybridized carbons (Fsp3) is 0.556. The molecule has 1 aliphatic rings. The van der Waals surface area contributed by atoms with E-state index in [1.807, 2.05) is 0 Å². The molecule has 0 aliphatic heterocycles.